The predicted molar refractivity (Wildman–Crippen MR) is 177 cm³/mol. The van der Waals surface area contributed by atoms with E-state index in [-0.39, 0.29) is 17.6 Å². The quantitative estimate of drug-likeness (QED) is 0.153. The molecule has 2 heterocycles. The maximum absolute atomic E-state index is 15.4. The normalized spacial score (nSPS) is 11.4. The smallest absolute Gasteiger partial charge is 0.230 e. The lowest BCUT2D eigenvalue weighted by Gasteiger charge is -2.14. The van der Waals surface area contributed by atoms with E-state index in [0.717, 1.165) is 45.0 Å². The summed E-state index contributed by atoms with van der Waals surface area (Å²) in [7, 11) is 0. The van der Waals surface area contributed by atoms with Crippen LogP contribution in [0.3, 0.4) is 0 Å². The van der Waals surface area contributed by atoms with Crippen molar-refractivity contribution in [1.82, 2.24) is 19.6 Å². The number of carbonyl (C=O) groups is 1. The van der Waals surface area contributed by atoms with Crippen molar-refractivity contribution < 1.29 is 4.79 Å². The van der Waals surface area contributed by atoms with Crippen LogP contribution in [-0.2, 0) is 12.8 Å². The lowest BCUT2D eigenvalue weighted by atomic mass is 9.92. The molecule has 0 spiro atoms. The van der Waals surface area contributed by atoms with Crippen molar-refractivity contribution in [3.05, 3.63) is 166 Å². The van der Waals surface area contributed by atoms with Crippen molar-refractivity contribution in [2.75, 3.05) is 0 Å². The summed E-state index contributed by atoms with van der Waals surface area (Å²) in [4.78, 5) is 15.4. The maximum Gasteiger partial charge on any atom is 0.230 e. The SMILES string of the molecule is CC(C)c1nn(-c2ccccc2)c(C(=O)c2c(Cc3ccccc3)c(C(C)C)nn2-c2ccccc2)c1Cc1ccccc1. The number of nitrogens with zero attached hydrogens (tertiary/aromatic N) is 4. The second kappa shape index (κ2) is 12.7. The molecule has 44 heavy (non-hydrogen) atoms. The summed E-state index contributed by atoms with van der Waals surface area (Å²) in [6.45, 7) is 8.58. The zero-order valence-electron chi connectivity index (χ0n) is 25.8. The lowest BCUT2D eigenvalue weighted by molar-refractivity contribution is 0.102. The Bertz CT molecular complexity index is 1710. The summed E-state index contributed by atoms with van der Waals surface area (Å²) in [6.07, 6.45) is 1.21. The van der Waals surface area contributed by atoms with E-state index < -0.39 is 0 Å². The van der Waals surface area contributed by atoms with Gasteiger partial charge in [-0.1, -0.05) is 125 Å². The summed E-state index contributed by atoms with van der Waals surface area (Å²) in [5.74, 6) is 0.173. The largest absolute Gasteiger partial charge is 0.285 e. The van der Waals surface area contributed by atoms with E-state index in [9.17, 15) is 0 Å². The summed E-state index contributed by atoms with van der Waals surface area (Å²) < 4.78 is 3.72. The Hall–Kier alpha value is -5.03. The van der Waals surface area contributed by atoms with Crippen molar-refractivity contribution in [3.8, 4) is 11.4 Å². The van der Waals surface area contributed by atoms with Crippen LogP contribution in [0.1, 0.15) is 89.4 Å². The summed E-state index contributed by atoms with van der Waals surface area (Å²) in [5, 5.41) is 10.3. The summed E-state index contributed by atoms with van der Waals surface area (Å²) in [5.41, 5.74) is 8.94. The molecule has 0 atom stereocenters. The van der Waals surface area contributed by atoms with Crippen molar-refractivity contribution >= 4 is 5.78 Å². The van der Waals surface area contributed by atoms with Crippen LogP contribution >= 0.6 is 0 Å². The third-order valence-electron chi connectivity index (χ3n) is 8.00. The Kier molecular flexibility index (Phi) is 8.38. The van der Waals surface area contributed by atoms with Gasteiger partial charge in [0.1, 0.15) is 11.4 Å². The first kappa shape index (κ1) is 29.1. The van der Waals surface area contributed by atoms with Gasteiger partial charge in [0.2, 0.25) is 5.78 Å². The molecule has 6 rings (SSSR count). The standard InChI is InChI=1S/C39H38N4O/c1-27(2)35-33(25-29-17-9-5-10-18-29)37(42(40-35)31-21-13-7-14-22-31)39(44)38-34(26-30-19-11-6-12-20-30)36(28(3)4)41-43(38)32-23-15-8-16-24-32/h5-24,27-28H,25-26H2,1-4H3. The van der Waals surface area contributed by atoms with Gasteiger partial charge in [-0.3, -0.25) is 4.79 Å². The molecule has 0 unspecified atom stereocenters. The van der Waals surface area contributed by atoms with E-state index in [1.54, 1.807) is 0 Å². The monoisotopic (exact) mass is 578 g/mol. The Labute approximate surface area is 259 Å². The molecule has 0 aliphatic carbocycles. The van der Waals surface area contributed by atoms with Gasteiger partial charge in [-0.2, -0.15) is 10.2 Å². The lowest BCUT2D eigenvalue weighted by Crippen LogP contribution is -2.18. The van der Waals surface area contributed by atoms with Gasteiger partial charge >= 0.3 is 0 Å². The molecule has 0 fully saturated rings. The van der Waals surface area contributed by atoms with E-state index in [1.165, 1.54) is 0 Å². The van der Waals surface area contributed by atoms with E-state index in [1.807, 2.05) is 106 Å². The Morgan fingerprint density at radius 3 is 1.16 bits per heavy atom. The van der Waals surface area contributed by atoms with Crippen LogP contribution in [-0.4, -0.2) is 25.3 Å². The van der Waals surface area contributed by atoms with Crippen LogP contribution in [0.5, 0.6) is 0 Å². The molecule has 0 saturated carbocycles. The first-order valence-corrected chi connectivity index (χ1v) is 15.4. The molecule has 220 valence electrons. The Balaban J connectivity index is 1.65. The third-order valence-corrected chi connectivity index (χ3v) is 8.00. The highest BCUT2D eigenvalue weighted by Gasteiger charge is 2.33. The van der Waals surface area contributed by atoms with Crippen LogP contribution in [0.4, 0.5) is 0 Å². The second-order valence-electron chi connectivity index (χ2n) is 11.9. The Morgan fingerprint density at radius 2 is 0.841 bits per heavy atom. The molecule has 0 aliphatic heterocycles. The van der Waals surface area contributed by atoms with Crippen LogP contribution in [0.25, 0.3) is 11.4 Å². The molecule has 5 heteroatoms. The second-order valence-corrected chi connectivity index (χ2v) is 11.9. The molecule has 5 nitrogen and oxygen atoms in total. The maximum atomic E-state index is 15.4. The van der Waals surface area contributed by atoms with Crippen molar-refractivity contribution in [3.63, 3.8) is 0 Å². The predicted octanol–water partition coefficient (Wildman–Crippen LogP) is 8.72. The number of benzene rings is 4. The zero-order valence-corrected chi connectivity index (χ0v) is 25.8. The topological polar surface area (TPSA) is 52.7 Å². The number of rotatable bonds is 10. The average Bonchev–Trinajstić information content (AvgIpc) is 3.62. The molecule has 2 aromatic heterocycles. The van der Waals surface area contributed by atoms with Gasteiger partial charge in [0.25, 0.3) is 0 Å². The molecule has 4 aromatic carbocycles. The van der Waals surface area contributed by atoms with Crippen LogP contribution < -0.4 is 0 Å². The van der Waals surface area contributed by atoms with Gasteiger partial charge in [0.05, 0.1) is 22.8 Å². The molecule has 6 aromatic rings. The van der Waals surface area contributed by atoms with E-state index in [2.05, 4.69) is 52.0 Å². The van der Waals surface area contributed by atoms with Gasteiger partial charge in [0.15, 0.2) is 0 Å². The molecule has 0 amide bonds. The highest BCUT2D eigenvalue weighted by atomic mass is 16.1. The fraction of sp³-hybridized carbons (Fsp3) is 0.205. The first-order valence-electron chi connectivity index (χ1n) is 15.4. The number of hydrogen-bond acceptors (Lipinski definition) is 3. The van der Waals surface area contributed by atoms with E-state index in [0.29, 0.717) is 24.2 Å². The number of ketones is 1. The molecule has 0 saturated heterocycles. The van der Waals surface area contributed by atoms with E-state index in [4.69, 9.17) is 10.2 Å². The van der Waals surface area contributed by atoms with Gasteiger partial charge in [-0.15, -0.1) is 0 Å². The molecule has 0 bridgehead atoms. The van der Waals surface area contributed by atoms with Gasteiger partial charge in [0, 0.05) is 24.0 Å². The fourth-order valence-corrected chi connectivity index (χ4v) is 5.90. The highest BCUT2D eigenvalue weighted by molar-refractivity contribution is 6.10. The number of hydrogen-bond donors (Lipinski definition) is 0. The van der Waals surface area contributed by atoms with Crippen molar-refractivity contribution in [2.45, 2.75) is 52.4 Å². The van der Waals surface area contributed by atoms with Crippen molar-refractivity contribution in [2.24, 2.45) is 0 Å². The number of para-hydroxylation sites is 2. The molecule has 0 radical (unpaired) electrons. The minimum Gasteiger partial charge on any atom is -0.285 e. The molecule has 0 aliphatic rings. The molecular formula is C39H38N4O. The first-order chi connectivity index (χ1) is 21.4. The summed E-state index contributed by atoms with van der Waals surface area (Å²) in [6, 6.07) is 40.7. The van der Waals surface area contributed by atoms with Crippen molar-refractivity contribution in [1.29, 1.82) is 0 Å². The Morgan fingerprint density at radius 1 is 0.523 bits per heavy atom. The van der Waals surface area contributed by atoms with Crippen LogP contribution in [0, 0.1) is 0 Å². The zero-order chi connectivity index (χ0) is 30.6. The molecule has 0 N–H and O–H groups in total. The van der Waals surface area contributed by atoms with Crippen LogP contribution in [0.15, 0.2) is 121 Å². The van der Waals surface area contributed by atoms with E-state index >= 15 is 4.79 Å². The van der Waals surface area contributed by atoms with Gasteiger partial charge in [-0.25, -0.2) is 9.36 Å². The third kappa shape index (κ3) is 5.78. The van der Waals surface area contributed by atoms with Gasteiger partial charge in [-0.05, 0) is 47.2 Å². The summed E-state index contributed by atoms with van der Waals surface area (Å²) >= 11 is 0. The fourth-order valence-electron chi connectivity index (χ4n) is 5.90. The molecular weight excluding hydrogens is 540 g/mol. The average molecular weight is 579 g/mol. The van der Waals surface area contributed by atoms with Gasteiger partial charge < -0.3 is 0 Å². The number of aromatic nitrogens is 4. The number of carbonyl (C=O) groups excluding carboxylic acids is 1. The minimum atomic E-state index is -0.0756. The highest BCUT2D eigenvalue weighted by Crippen LogP contribution is 2.33. The minimum absolute atomic E-state index is 0.0756. The van der Waals surface area contributed by atoms with Crippen LogP contribution in [0.2, 0.25) is 0 Å².